The molecule has 1 aliphatic heterocycles. The highest BCUT2D eigenvalue weighted by Crippen LogP contribution is 2.33. The van der Waals surface area contributed by atoms with Crippen molar-refractivity contribution in [3.63, 3.8) is 0 Å². The Labute approximate surface area is 177 Å². The van der Waals surface area contributed by atoms with Gasteiger partial charge in [0.1, 0.15) is 0 Å². The second kappa shape index (κ2) is 9.25. The highest BCUT2D eigenvalue weighted by Gasteiger charge is 2.51. The van der Waals surface area contributed by atoms with Crippen molar-refractivity contribution in [2.24, 2.45) is 5.92 Å². The fraction of sp³-hybridized carbons (Fsp3) is 0.684. The maximum absolute atomic E-state index is 12.8. The minimum Gasteiger partial charge on any atom is -0.390 e. The summed E-state index contributed by atoms with van der Waals surface area (Å²) in [6.07, 6.45) is -3.14. The zero-order valence-electron chi connectivity index (χ0n) is 17.2. The number of hydrogen-bond donors (Lipinski definition) is 2. The van der Waals surface area contributed by atoms with E-state index in [0.29, 0.717) is 38.3 Å². The third-order valence-electron chi connectivity index (χ3n) is 5.40. The van der Waals surface area contributed by atoms with Gasteiger partial charge in [0, 0.05) is 38.8 Å². The molecule has 3 rings (SSSR count). The maximum Gasteiger partial charge on any atom is 0.417 e. The van der Waals surface area contributed by atoms with Gasteiger partial charge < -0.3 is 25.0 Å². The fourth-order valence-corrected chi connectivity index (χ4v) is 3.14. The van der Waals surface area contributed by atoms with Crippen LogP contribution in [0.25, 0.3) is 0 Å². The lowest BCUT2D eigenvalue weighted by Gasteiger charge is -2.36. The van der Waals surface area contributed by atoms with Crippen molar-refractivity contribution in [2.75, 3.05) is 37.6 Å². The van der Waals surface area contributed by atoms with Crippen LogP contribution in [-0.2, 0) is 4.79 Å². The van der Waals surface area contributed by atoms with E-state index in [4.69, 9.17) is 4.74 Å². The van der Waals surface area contributed by atoms with E-state index in [-0.39, 0.29) is 19.0 Å². The van der Waals surface area contributed by atoms with Crippen LogP contribution in [0.4, 0.5) is 23.8 Å². The van der Waals surface area contributed by atoms with E-state index in [0.717, 1.165) is 6.42 Å². The fourth-order valence-electron chi connectivity index (χ4n) is 3.14. The van der Waals surface area contributed by atoms with E-state index < -0.39 is 30.2 Å². The molecule has 2 fully saturated rings. The number of piperazine rings is 1. The lowest BCUT2D eigenvalue weighted by Crippen LogP contribution is -2.52. The molecule has 2 amide bonds. The molecule has 0 spiro atoms. The third-order valence-corrected chi connectivity index (χ3v) is 5.40. The van der Waals surface area contributed by atoms with Crippen molar-refractivity contribution in [1.82, 2.24) is 20.4 Å². The molecule has 12 heteroatoms. The quantitative estimate of drug-likeness (QED) is 0.658. The van der Waals surface area contributed by atoms with E-state index in [1.165, 1.54) is 23.8 Å². The average Bonchev–Trinajstić information content (AvgIpc) is 3.52. The van der Waals surface area contributed by atoms with E-state index in [2.05, 4.69) is 15.5 Å². The number of halogens is 3. The number of nitrogens with one attached hydrogen (secondary N) is 1. The number of rotatable bonds is 7. The summed E-state index contributed by atoms with van der Waals surface area (Å²) in [5.41, 5.74) is -3.06. The van der Waals surface area contributed by atoms with Gasteiger partial charge in [-0.05, 0) is 25.3 Å². The second-order valence-electron chi connectivity index (χ2n) is 8.09. The molecule has 172 valence electrons. The van der Waals surface area contributed by atoms with Crippen molar-refractivity contribution in [2.45, 2.75) is 44.4 Å². The molecule has 1 aromatic heterocycles. The standard InChI is InChI=1S/C19H26F3N5O4/c1-18(30,19(20,21)22)12-16(28)27-10-8-26(9-11-27)14-4-5-15(25-24-14)31-17(29)23-7-6-13-2-3-13/h4-5,13,30H,2-3,6-12H2,1H3,(H,23,29). The zero-order valence-corrected chi connectivity index (χ0v) is 17.2. The van der Waals surface area contributed by atoms with Crippen LogP contribution in [0.3, 0.4) is 0 Å². The van der Waals surface area contributed by atoms with Crippen LogP contribution in [0.1, 0.15) is 32.6 Å². The SMILES string of the molecule is CC(O)(CC(=O)N1CCN(c2ccc(OC(=O)NCCC3CC3)nn2)CC1)C(F)(F)F. The molecular weight excluding hydrogens is 419 g/mol. The predicted octanol–water partition coefficient (Wildman–Crippen LogP) is 1.72. The third kappa shape index (κ3) is 6.42. The van der Waals surface area contributed by atoms with E-state index in [1.807, 2.05) is 4.90 Å². The first kappa shape index (κ1) is 23.0. The Morgan fingerprint density at radius 1 is 1.19 bits per heavy atom. The summed E-state index contributed by atoms with van der Waals surface area (Å²) in [7, 11) is 0. The van der Waals surface area contributed by atoms with Gasteiger partial charge in [0.2, 0.25) is 11.8 Å². The number of ether oxygens (including phenoxy) is 1. The number of carbonyl (C=O) groups is 2. The lowest BCUT2D eigenvalue weighted by molar-refractivity contribution is -0.254. The summed E-state index contributed by atoms with van der Waals surface area (Å²) in [5.74, 6) is 0.490. The number of aromatic nitrogens is 2. The molecule has 1 unspecified atom stereocenters. The van der Waals surface area contributed by atoms with E-state index in [9.17, 15) is 27.9 Å². The minimum atomic E-state index is -4.88. The Morgan fingerprint density at radius 2 is 1.87 bits per heavy atom. The molecule has 0 radical (unpaired) electrons. The van der Waals surface area contributed by atoms with Crippen LogP contribution in [-0.4, -0.2) is 76.7 Å². The minimum absolute atomic E-state index is 0.0517. The van der Waals surface area contributed by atoms with Gasteiger partial charge in [-0.15, -0.1) is 10.2 Å². The van der Waals surface area contributed by atoms with Gasteiger partial charge >= 0.3 is 12.3 Å². The molecule has 1 aliphatic carbocycles. The highest BCUT2D eigenvalue weighted by molar-refractivity contribution is 5.77. The van der Waals surface area contributed by atoms with Crippen LogP contribution >= 0.6 is 0 Å². The molecule has 1 saturated carbocycles. The van der Waals surface area contributed by atoms with E-state index >= 15 is 0 Å². The Kier molecular flexibility index (Phi) is 6.87. The van der Waals surface area contributed by atoms with Gasteiger partial charge in [-0.3, -0.25) is 4.79 Å². The molecule has 1 saturated heterocycles. The first-order chi connectivity index (χ1) is 14.5. The predicted molar refractivity (Wildman–Crippen MR) is 103 cm³/mol. The molecule has 0 aromatic carbocycles. The summed E-state index contributed by atoms with van der Waals surface area (Å²) in [6, 6.07) is 3.12. The monoisotopic (exact) mass is 445 g/mol. The number of amides is 2. The topological polar surface area (TPSA) is 108 Å². The van der Waals surface area contributed by atoms with Crippen LogP contribution in [0, 0.1) is 5.92 Å². The molecule has 31 heavy (non-hydrogen) atoms. The van der Waals surface area contributed by atoms with Crippen LogP contribution in [0.15, 0.2) is 12.1 Å². The molecule has 2 aliphatic rings. The summed E-state index contributed by atoms with van der Waals surface area (Å²) in [6.45, 7) is 2.21. The molecule has 2 heterocycles. The Bertz CT molecular complexity index is 776. The van der Waals surface area contributed by atoms with Gasteiger partial charge in [-0.2, -0.15) is 13.2 Å². The number of aliphatic hydroxyl groups is 1. The maximum atomic E-state index is 12.8. The lowest BCUT2D eigenvalue weighted by atomic mass is 10.0. The van der Waals surface area contributed by atoms with Crippen LogP contribution in [0.2, 0.25) is 0 Å². The molecule has 2 N–H and O–H groups in total. The number of carbonyl (C=O) groups excluding carboxylic acids is 2. The Balaban J connectivity index is 1.43. The summed E-state index contributed by atoms with van der Waals surface area (Å²) in [4.78, 5) is 27.0. The average molecular weight is 445 g/mol. The number of hydrogen-bond acceptors (Lipinski definition) is 7. The van der Waals surface area contributed by atoms with Crippen molar-refractivity contribution in [3.05, 3.63) is 12.1 Å². The number of anilines is 1. The van der Waals surface area contributed by atoms with Crippen molar-refractivity contribution < 1.29 is 32.6 Å². The van der Waals surface area contributed by atoms with Gasteiger partial charge in [-0.1, -0.05) is 12.8 Å². The molecule has 9 nitrogen and oxygen atoms in total. The molecule has 1 aromatic rings. The summed E-state index contributed by atoms with van der Waals surface area (Å²) >= 11 is 0. The summed E-state index contributed by atoms with van der Waals surface area (Å²) in [5, 5.41) is 20.0. The van der Waals surface area contributed by atoms with Crippen molar-refractivity contribution in [3.8, 4) is 5.88 Å². The van der Waals surface area contributed by atoms with E-state index in [1.54, 1.807) is 6.07 Å². The van der Waals surface area contributed by atoms with Crippen LogP contribution in [0.5, 0.6) is 5.88 Å². The Morgan fingerprint density at radius 3 is 2.42 bits per heavy atom. The van der Waals surface area contributed by atoms with Gasteiger partial charge in [0.25, 0.3) is 0 Å². The Hall–Kier alpha value is -2.63. The molecule has 1 atom stereocenters. The molecular formula is C19H26F3N5O4. The van der Waals surface area contributed by atoms with Gasteiger partial charge in [0.15, 0.2) is 11.4 Å². The summed E-state index contributed by atoms with van der Waals surface area (Å²) < 4.78 is 43.4. The first-order valence-electron chi connectivity index (χ1n) is 10.2. The normalized spacial score (nSPS) is 19.0. The largest absolute Gasteiger partial charge is 0.417 e. The number of nitrogens with zero attached hydrogens (tertiary/aromatic N) is 4. The van der Waals surface area contributed by atoms with Crippen LogP contribution < -0.4 is 15.0 Å². The second-order valence-corrected chi connectivity index (χ2v) is 8.09. The highest BCUT2D eigenvalue weighted by atomic mass is 19.4. The van der Waals surface area contributed by atoms with Gasteiger partial charge in [-0.25, -0.2) is 4.79 Å². The molecule has 0 bridgehead atoms. The first-order valence-corrected chi connectivity index (χ1v) is 10.2. The smallest absolute Gasteiger partial charge is 0.390 e. The zero-order chi connectivity index (χ0) is 22.6. The van der Waals surface area contributed by atoms with Gasteiger partial charge in [0.05, 0.1) is 6.42 Å². The van der Waals surface area contributed by atoms with Crippen molar-refractivity contribution in [1.29, 1.82) is 0 Å². The van der Waals surface area contributed by atoms with Crippen molar-refractivity contribution >= 4 is 17.8 Å². The number of alkyl halides is 3.